The first-order chi connectivity index (χ1) is 12.6. The Morgan fingerprint density at radius 2 is 1.96 bits per heavy atom. The number of thiazole rings is 1. The predicted octanol–water partition coefficient (Wildman–Crippen LogP) is 4.46. The van der Waals surface area contributed by atoms with E-state index < -0.39 is 0 Å². The fraction of sp³-hybridized carbons (Fsp3) is 0.105. The lowest BCUT2D eigenvalue weighted by Crippen LogP contribution is -2.10. The molecule has 0 aliphatic rings. The van der Waals surface area contributed by atoms with Crippen molar-refractivity contribution in [1.82, 2.24) is 14.5 Å². The number of carbonyl (C=O) groups is 1. The zero-order valence-electron chi connectivity index (χ0n) is 14.3. The van der Waals surface area contributed by atoms with Gasteiger partial charge in [-0.05, 0) is 44.2 Å². The molecule has 1 amide bonds. The van der Waals surface area contributed by atoms with E-state index in [4.69, 9.17) is 4.42 Å². The molecule has 0 fully saturated rings. The van der Waals surface area contributed by atoms with Gasteiger partial charge in [0.1, 0.15) is 16.1 Å². The molecule has 3 heterocycles. The van der Waals surface area contributed by atoms with Crippen molar-refractivity contribution in [2.75, 3.05) is 5.32 Å². The average molecular weight is 364 g/mol. The minimum Gasteiger partial charge on any atom is -0.472 e. The number of furan rings is 1. The maximum absolute atomic E-state index is 12.4. The van der Waals surface area contributed by atoms with Crippen LogP contribution in [0.2, 0.25) is 0 Å². The molecule has 4 aromatic rings. The molecule has 0 radical (unpaired) electrons. The number of hydrogen-bond donors (Lipinski definition) is 1. The van der Waals surface area contributed by atoms with E-state index in [2.05, 4.69) is 15.3 Å². The normalized spacial score (nSPS) is 10.8. The standard InChI is InChI=1S/C19H16N4O2S/c1-12-13(2)23(11-21-12)16-5-3-15(4-6-16)22-18(24)17-9-20-19(26-17)14-7-8-25-10-14/h3-11H,1-2H3,(H,22,24). The van der Waals surface area contributed by atoms with Gasteiger partial charge >= 0.3 is 0 Å². The number of carbonyl (C=O) groups excluding carboxylic acids is 1. The Hall–Kier alpha value is -3.19. The Morgan fingerprint density at radius 3 is 2.62 bits per heavy atom. The molecule has 0 unspecified atom stereocenters. The molecule has 1 aromatic carbocycles. The molecule has 0 bridgehead atoms. The fourth-order valence-corrected chi connectivity index (χ4v) is 3.35. The van der Waals surface area contributed by atoms with E-state index in [9.17, 15) is 4.79 Å². The quantitative estimate of drug-likeness (QED) is 0.580. The van der Waals surface area contributed by atoms with Crippen LogP contribution in [-0.2, 0) is 0 Å². The van der Waals surface area contributed by atoms with Crippen LogP contribution >= 0.6 is 11.3 Å². The average Bonchev–Trinajstić information content (AvgIpc) is 3.38. The Labute approximate surface area is 154 Å². The van der Waals surface area contributed by atoms with Crippen molar-refractivity contribution in [2.24, 2.45) is 0 Å². The van der Waals surface area contributed by atoms with Crippen LogP contribution in [0.15, 0.2) is 59.8 Å². The summed E-state index contributed by atoms with van der Waals surface area (Å²) in [5.74, 6) is -0.181. The van der Waals surface area contributed by atoms with Crippen molar-refractivity contribution in [2.45, 2.75) is 13.8 Å². The SMILES string of the molecule is Cc1ncn(-c2ccc(NC(=O)c3cnc(-c4ccoc4)s3)cc2)c1C. The summed E-state index contributed by atoms with van der Waals surface area (Å²) in [7, 11) is 0. The summed E-state index contributed by atoms with van der Waals surface area (Å²) >= 11 is 1.33. The van der Waals surface area contributed by atoms with Crippen LogP contribution in [0.4, 0.5) is 5.69 Å². The molecular weight excluding hydrogens is 348 g/mol. The topological polar surface area (TPSA) is 73.0 Å². The van der Waals surface area contributed by atoms with Gasteiger partial charge in [0.25, 0.3) is 5.91 Å². The smallest absolute Gasteiger partial charge is 0.267 e. The summed E-state index contributed by atoms with van der Waals surface area (Å²) in [5, 5.41) is 3.65. The molecule has 26 heavy (non-hydrogen) atoms. The van der Waals surface area contributed by atoms with Gasteiger partial charge in [-0.3, -0.25) is 4.79 Å². The third-order valence-corrected chi connectivity index (χ3v) is 5.20. The van der Waals surface area contributed by atoms with Crippen molar-refractivity contribution in [3.8, 4) is 16.3 Å². The third kappa shape index (κ3) is 3.04. The largest absolute Gasteiger partial charge is 0.472 e. The summed E-state index contributed by atoms with van der Waals surface area (Å²) in [6.07, 6.45) is 6.57. The maximum Gasteiger partial charge on any atom is 0.267 e. The van der Waals surface area contributed by atoms with Gasteiger partial charge in [0, 0.05) is 22.6 Å². The molecule has 0 spiro atoms. The van der Waals surface area contributed by atoms with Gasteiger partial charge in [-0.2, -0.15) is 0 Å². The predicted molar refractivity (Wildman–Crippen MR) is 101 cm³/mol. The van der Waals surface area contributed by atoms with Crippen molar-refractivity contribution in [1.29, 1.82) is 0 Å². The minimum atomic E-state index is -0.181. The van der Waals surface area contributed by atoms with E-state index in [0.29, 0.717) is 4.88 Å². The molecule has 0 saturated carbocycles. The molecule has 0 atom stereocenters. The van der Waals surface area contributed by atoms with Gasteiger partial charge in [0.05, 0.1) is 24.5 Å². The highest BCUT2D eigenvalue weighted by Gasteiger charge is 2.13. The first-order valence-corrected chi connectivity index (χ1v) is 8.84. The van der Waals surface area contributed by atoms with Crippen LogP contribution in [0, 0.1) is 13.8 Å². The highest BCUT2D eigenvalue weighted by molar-refractivity contribution is 7.17. The Bertz CT molecular complexity index is 1050. The number of rotatable bonds is 4. The second kappa shape index (κ2) is 6.61. The van der Waals surface area contributed by atoms with E-state index >= 15 is 0 Å². The highest BCUT2D eigenvalue weighted by atomic mass is 32.1. The van der Waals surface area contributed by atoms with E-state index in [1.165, 1.54) is 11.3 Å². The summed E-state index contributed by atoms with van der Waals surface area (Å²) in [4.78, 5) is 21.6. The van der Waals surface area contributed by atoms with Crippen LogP contribution in [0.3, 0.4) is 0 Å². The minimum absolute atomic E-state index is 0.181. The number of aromatic nitrogens is 3. The number of benzene rings is 1. The van der Waals surface area contributed by atoms with Crippen LogP contribution in [-0.4, -0.2) is 20.4 Å². The van der Waals surface area contributed by atoms with Gasteiger partial charge in [-0.1, -0.05) is 0 Å². The lowest BCUT2D eigenvalue weighted by molar-refractivity contribution is 0.103. The van der Waals surface area contributed by atoms with Gasteiger partial charge in [0.2, 0.25) is 0 Å². The lowest BCUT2D eigenvalue weighted by Gasteiger charge is -2.08. The molecule has 0 aliphatic carbocycles. The number of aryl methyl sites for hydroxylation is 1. The first kappa shape index (κ1) is 16.3. The summed E-state index contributed by atoms with van der Waals surface area (Å²) in [5.41, 5.74) is 4.69. The number of amides is 1. The Morgan fingerprint density at radius 1 is 1.15 bits per heavy atom. The van der Waals surface area contributed by atoms with Crippen LogP contribution in [0.5, 0.6) is 0 Å². The Balaban J connectivity index is 1.49. The molecule has 3 aromatic heterocycles. The molecule has 0 saturated heterocycles. The molecule has 4 rings (SSSR count). The van der Waals surface area contributed by atoms with Gasteiger partial charge in [0.15, 0.2) is 0 Å². The Kier molecular flexibility index (Phi) is 4.14. The molecule has 6 nitrogen and oxygen atoms in total. The second-order valence-corrected chi connectivity index (χ2v) is 6.86. The summed E-state index contributed by atoms with van der Waals surface area (Å²) < 4.78 is 7.07. The summed E-state index contributed by atoms with van der Waals surface area (Å²) in [6, 6.07) is 9.47. The number of anilines is 1. The molecule has 1 N–H and O–H groups in total. The summed E-state index contributed by atoms with van der Waals surface area (Å²) in [6.45, 7) is 4.01. The maximum atomic E-state index is 12.4. The molecule has 7 heteroatoms. The van der Waals surface area contributed by atoms with Crippen molar-refractivity contribution in [3.63, 3.8) is 0 Å². The van der Waals surface area contributed by atoms with Crippen LogP contribution in [0.25, 0.3) is 16.3 Å². The van der Waals surface area contributed by atoms with E-state index in [0.717, 1.165) is 33.3 Å². The van der Waals surface area contributed by atoms with Crippen molar-refractivity contribution >= 4 is 22.9 Å². The zero-order chi connectivity index (χ0) is 18.1. The second-order valence-electron chi connectivity index (χ2n) is 5.83. The molecule has 130 valence electrons. The molecule has 0 aliphatic heterocycles. The van der Waals surface area contributed by atoms with Gasteiger partial charge in [-0.15, -0.1) is 11.3 Å². The van der Waals surface area contributed by atoms with E-state index in [1.807, 2.05) is 48.7 Å². The number of imidazole rings is 1. The van der Waals surface area contributed by atoms with Crippen LogP contribution < -0.4 is 5.32 Å². The molecular formula is C19H16N4O2S. The first-order valence-electron chi connectivity index (χ1n) is 8.02. The number of nitrogens with zero attached hydrogens (tertiary/aromatic N) is 3. The van der Waals surface area contributed by atoms with Gasteiger partial charge in [-0.25, -0.2) is 9.97 Å². The van der Waals surface area contributed by atoms with Crippen molar-refractivity contribution < 1.29 is 9.21 Å². The fourth-order valence-electron chi connectivity index (χ4n) is 2.56. The monoisotopic (exact) mass is 364 g/mol. The van der Waals surface area contributed by atoms with Crippen LogP contribution in [0.1, 0.15) is 21.1 Å². The zero-order valence-corrected chi connectivity index (χ0v) is 15.1. The van der Waals surface area contributed by atoms with Crippen molar-refractivity contribution in [3.05, 3.63) is 71.6 Å². The number of nitrogens with one attached hydrogen (secondary N) is 1. The van der Waals surface area contributed by atoms with Gasteiger partial charge < -0.3 is 14.3 Å². The van der Waals surface area contributed by atoms with E-state index in [1.54, 1.807) is 25.1 Å². The third-order valence-electron chi connectivity index (χ3n) is 4.15. The number of hydrogen-bond acceptors (Lipinski definition) is 5. The highest BCUT2D eigenvalue weighted by Crippen LogP contribution is 2.26. The van der Waals surface area contributed by atoms with E-state index in [-0.39, 0.29) is 5.91 Å². The lowest BCUT2D eigenvalue weighted by atomic mass is 10.2.